The normalized spacial score (nSPS) is 12.7. The molecule has 0 saturated carbocycles. The summed E-state index contributed by atoms with van der Waals surface area (Å²) in [5.74, 6) is -2.14. The number of halogens is 2. The van der Waals surface area contributed by atoms with Gasteiger partial charge in [0, 0.05) is 31.5 Å². The highest BCUT2D eigenvalue weighted by Gasteiger charge is 2.23. The standard InChI is InChI=1S/C26H30F2N4O3S/c1-3-17-5-4-6-18(7-17)13-29-14-24(34)23(10-19-8-20(27)11-21(28)9-19)32-25(35)12-22-15-36-26(31-22)30-16(2)33/h4-9,11,15,23-24,29,34H,3,10,12-14H2,1-2H3,(H,32,35)(H,30,31,33)/t23-,24-/m0/s1. The van der Waals surface area contributed by atoms with Gasteiger partial charge in [-0.3, -0.25) is 9.59 Å². The number of amides is 2. The van der Waals surface area contributed by atoms with E-state index >= 15 is 0 Å². The lowest BCUT2D eigenvalue weighted by Crippen LogP contribution is -2.49. The largest absolute Gasteiger partial charge is 0.390 e. The molecule has 0 saturated heterocycles. The van der Waals surface area contributed by atoms with E-state index in [1.54, 1.807) is 5.38 Å². The van der Waals surface area contributed by atoms with Crippen LogP contribution in [0.15, 0.2) is 47.8 Å². The Kier molecular flexibility index (Phi) is 10.0. The van der Waals surface area contributed by atoms with Crippen molar-refractivity contribution in [3.63, 3.8) is 0 Å². The summed E-state index contributed by atoms with van der Waals surface area (Å²) in [6.07, 6.45) is -0.156. The molecule has 0 aliphatic rings. The Bertz CT molecular complexity index is 1170. The van der Waals surface area contributed by atoms with Gasteiger partial charge in [0.15, 0.2) is 5.13 Å². The summed E-state index contributed by atoms with van der Waals surface area (Å²) in [6, 6.07) is 10.4. The van der Waals surface area contributed by atoms with Crippen LogP contribution in [0.1, 0.15) is 36.2 Å². The van der Waals surface area contributed by atoms with E-state index in [9.17, 15) is 23.5 Å². The summed E-state index contributed by atoms with van der Waals surface area (Å²) in [7, 11) is 0. The Labute approximate surface area is 213 Å². The van der Waals surface area contributed by atoms with Crippen molar-refractivity contribution in [3.8, 4) is 0 Å². The van der Waals surface area contributed by atoms with Gasteiger partial charge in [-0.25, -0.2) is 13.8 Å². The summed E-state index contributed by atoms with van der Waals surface area (Å²) in [5.41, 5.74) is 3.04. The molecule has 0 radical (unpaired) electrons. The minimum Gasteiger partial charge on any atom is -0.390 e. The molecule has 3 rings (SSSR count). The smallest absolute Gasteiger partial charge is 0.226 e. The Morgan fingerprint density at radius 2 is 1.81 bits per heavy atom. The second-order valence-electron chi connectivity index (χ2n) is 8.53. The van der Waals surface area contributed by atoms with Crippen LogP contribution in [0.25, 0.3) is 0 Å². The number of nitrogens with zero attached hydrogens (tertiary/aromatic N) is 1. The number of nitrogens with one attached hydrogen (secondary N) is 3. The first kappa shape index (κ1) is 27.4. The number of hydrogen-bond acceptors (Lipinski definition) is 6. The maximum Gasteiger partial charge on any atom is 0.226 e. The first-order valence-corrected chi connectivity index (χ1v) is 12.5. The summed E-state index contributed by atoms with van der Waals surface area (Å²) >= 11 is 1.20. The average molecular weight is 517 g/mol. The van der Waals surface area contributed by atoms with Gasteiger partial charge >= 0.3 is 0 Å². The summed E-state index contributed by atoms with van der Waals surface area (Å²) < 4.78 is 27.5. The first-order chi connectivity index (χ1) is 17.2. The molecular weight excluding hydrogens is 486 g/mol. The van der Waals surface area contributed by atoms with Crippen LogP contribution in [0.2, 0.25) is 0 Å². The zero-order valence-corrected chi connectivity index (χ0v) is 21.0. The van der Waals surface area contributed by atoms with Gasteiger partial charge < -0.3 is 21.1 Å². The Hall–Kier alpha value is -3.21. The molecule has 2 aromatic carbocycles. The third-order valence-electron chi connectivity index (χ3n) is 5.45. The lowest BCUT2D eigenvalue weighted by molar-refractivity contribution is -0.122. The van der Waals surface area contributed by atoms with Gasteiger partial charge in [-0.15, -0.1) is 11.3 Å². The Morgan fingerprint density at radius 3 is 2.50 bits per heavy atom. The van der Waals surface area contributed by atoms with E-state index in [0.29, 0.717) is 22.9 Å². The maximum absolute atomic E-state index is 13.7. The van der Waals surface area contributed by atoms with Gasteiger partial charge in [-0.2, -0.15) is 0 Å². The molecule has 2 amide bonds. The zero-order valence-electron chi connectivity index (χ0n) is 20.2. The molecule has 0 spiro atoms. The number of thiazole rings is 1. The van der Waals surface area contributed by atoms with E-state index in [1.165, 1.54) is 36.0 Å². The van der Waals surface area contributed by atoms with Gasteiger partial charge in [-0.05, 0) is 41.7 Å². The van der Waals surface area contributed by atoms with Crippen LogP contribution in [-0.2, 0) is 35.4 Å². The summed E-state index contributed by atoms with van der Waals surface area (Å²) in [4.78, 5) is 28.1. The van der Waals surface area contributed by atoms with E-state index in [4.69, 9.17) is 0 Å². The molecular formula is C26H30F2N4O3S. The van der Waals surface area contributed by atoms with Crippen molar-refractivity contribution in [1.82, 2.24) is 15.6 Å². The predicted molar refractivity (Wildman–Crippen MR) is 136 cm³/mol. The van der Waals surface area contributed by atoms with E-state index in [2.05, 4.69) is 33.9 Å². The number of carbonyl (C=O) groups is 2. The number of aromatic nitrogens is 1. The lowest BCUT2D eigenvalue weighted by Gasteiger charge is -2.25. The highest BCUT2D eigenvalue weighted by Crippen LogP contribution is 2.16. The van der Waals surface area contributed by atoms with Crippen molar-refractivity contribution in [2.75, 3.05) is 11.9 Å². The second kappa shape index (κ2) is 13.2. The van der Waals surface area contributed by atoms with Crippen molar-refractivity contribution in [2.24, 2.45) is 0 Å². The Morgan fingerprint density at radius 1 is 1.08 bits per heavy atom. The minimum atomic E-state index is -1.03. The molecule has 0 unspecified atom stereocenters. The average Bonchev–Trinajstić information content (AvgIpc) is 3.23. The molecule has 0 aliphatic heterocycles. The monoisotopic (exact) mass is 516 g/mol. The fourth-order valence-electron chi connectivity index (χ4n) is 3.75. The van der Waals surface area contributed by atoms with Crippen molar-refractivity contribution >= 4 is 28.3 Å². The number of rotatable bonds is 12. The number of aryl methyl sites for hydroxylation is 1. The van der Waals surface area contributed by atoms with Crippen LogP contribution in [-0.4, -0.2) is 40.6 Å². The van der Waals surface area contributed by atoms with Crippen LogP contribution in [0, 0.1) is 11.6 Å². The number of anilines is 1. The maximum atomic E-state index is 13.7. The van der Waals surface area contributed by atoms with Crippen molar-refractivity contribution < 1.29 is 23.5 Å². The predicted octanol–water partition coefficient (Wildman–Crippen LogP) is 3.36. The van der Waals surface area contributed by atoms with Crippen molar-refractivity contribution in [3.05, 3.63) is 81.9 Å². The molecule has 0 bridgehead atoms. The zero-order chi connectivity index (χ0) is 26.1. The molecule has 1 aromatic heterocycles. The number of aliphatic hydroxyl groups excluding tert-OH is 1. The molecule has 192 valence electrons. The molecule has 36 heavy (non-hydrogen) atoms. The topological polar surface area (TPSA) is 103 Å². The SMILES string of the molecule is CCc1cccc(CNC[C@H](O)[C@H](Cc2cc(F)cc(F)c2)NC(=O)Cc2csc(NC(C)=O)n2)c1. The minimum absolute atomic E-state index is 0.0305. The van der Waals surface area contributed by atoms with Gasteiger partial charge in [-0.1, -0.05) is 31.2 Å². The number of aliphatic hydroxyl groups is 1. The lowest BCUT2D eigenvalue weighted by atomic mass is 10.00. The van der Waals surface area contributed by atoms with E-state index in [-0.39, 0.29) is 25.3 Å². The van der Waals surface area contributed by atoms with Crippen molar-refractivity contribution in [1.29, 1.82) is 0 Å². The highest BCUT2D eigenvalue weighted by molar-refractivity contribution is 7.13. The Balaban J connectivity index is 1.65. The van der Waals surface area contributed by atoms with E-state index in [0.717, 1.165) is 18.1 Å². The molecule has 7 nitrogen and oxygen atoms in total. The van der Waals surface area contributed by atoms with Gasteiger partial charge in [0.25, 0.3) is 0 Å². The van der Waals surface area contributed by atoms with E-state index in [1.807, 2.05) is 18.2 Å². The summed E-state index contributed by atoms with van der Waals surface area (Å²) in [6.45, 7) is 4.11. The molecule has 1 heterocycles. The number of benzene rings is 2. The fourth-order valence-corrected chi connectivity index (χ4v) is 4.51. The van der Waals surface area contributed by atoms with Crippen LogP contribution in [0.3, 0.4) is 0 Å². The third-order valence-corrected chi connectivity index (χ3v) is 6.25. The second-order valence-corrected chi connectivity index (χ2v) is 9.39. The van der Waals surface area contributed by atoms with Gasteiger partial charge in [0.05, 0.1) is 24.3 Å². The van der Waals surface area contributed by atoms with Crippen LogP contribution in [0.4, 0.5) is 13.9 Å². The molecule has 4 N–H and O–H groups in total. The van der Waals surface area contributed by atoms with Crippen LogP contribution >= 0.6 is 11.3 Å². The molecule has 3 aromatic rings. The quantitative estimate of drug-likeness (QED) is 0.296. The molecule has 10 heteroatoms. The molecule has 2 atom stereocenters. The number of carbonyl (C=O) groups excluding carboxylic acids is 2. The number of hydrogen-bond donors (Lipinski definition) is 4. The van der Waals surface area contributed by atoms with Gasteiger partial charge in [0.2, 0.25) is 11.8 Å². The highest BCUT2D eigenvalue weighted by atomic mass is 32.1. The van der Waals surface area contributed by atoms with Gasteiger partial charge in [0.1, 0.15) is 11.6 Å². The van der Waals surface area contributed by atoms with Crippen LogP contribution in [0.5, 0.6) is 0 Å². The van der Waals surface area contributed by atoms with Crippen LogP contribution < -0.4 is 16.0 Å². The van der Waals surface area contributed by atoms with E-state index < -0.39 is 29.7 Å². The fraction of sp³-hybridized carbons (Fsp3) is 0.346. The first-order valence-electron chi connectivity index (χ1n) is 11.6. The van der Waals surface area contributed by atoms with Crippen molar-refractivity contribution in [2.45, 2.75) is 51.8 Å². The third kappa shape index (κ3) is 8.78. The molecule has 0 aliphatic carbocycles. The summed E-state index contributed by atoms with van der Waals surface area (Å²) in [5, 5.41) is 21.4. The molecule has 0 fully saturated rings.